The number of para-hydroxylation sites is 1. The summed E-state index contributed by atoms with van der Waals surface area (Å²) in [6, 6.07) is 16.5. The molecule has 0 unspecified atom stereocenters. The summed E-state index contributed by atoms with van der Waals surface area (Å²) in [5.41, 5.74) is 0.895. The number of aromatic nitrogens is 2. The SMILES string of the molecule is O=S(=O)(c1ccccc1)N1CCN(c2ncnc3ccccc23)CC1. The second-order valence-corrected chi connectivity index (χ2v) is 7.86. The number of piperazine rings is 1. The fourth-order valence-electron chi connectivity index (χ4n) is 3.12. The molecule has 128 valence electrons. The molecule has 7 heteroatoms. The van der Waals surface area contributed by atoms with E-state index in [-0.39, 0.29) is 0 Å². The summed E-state index contributed by atoms with van der Waals surface area (Å²) in [5, 5.41) is 0.990. The standard InChI is InChI=1S/C18H18N4O2S/c23-25(24,15-6-2-1-3-7-15)22-12-10-21(11-13-22)18-16-8-4-5-9-17(16)19-14-20-18/h1-9,14H,10-13H2. The molecule has 0 atom stereocenters. The van der Waals surface area contributed by atoms with Gasteiger partial charge >= 0.3 is 0 Å². The van der Waals surface area contributed by atoms with Crippen LogP contribution in [0.4, 0.5) is 5.82 Å². The van der Waals surface area contributed by atoms with Crippen LogP contribution in [0.2, 0.25) is 0 Å². The molecule has 4 rings (SSSR count). The van der Waals surface area contributed by atoms with Gasteiger partial charge in [-0.05, 0) is 24.3 Å². The lowest BCUT2D eigenvalue weighted by Crippen LogP contribution is -2.49. The first kappa shape index (κ1) is 16.0. The highest BCUT2D eigenvalue weighted by Gasteiger charge is 2.29. The fraction of sp³-hybridized carbons (Fsp3) is 0.222. The van der Waals surface area contributed by atoms with Crippen LogP contribution in [0.3, 0.4) is 0 Å². The highest BCUT2D eigenvalue weighted by Crippen LogP contribution is 2.25. The molecule has 1 fully saturated rings. The molecule has 0 amide bonds. The highest BCUT2D eigenvalue weighted by atomic mass is 32.2. The largest absolute Gasteiger partial charge is 0.353 e. The highest BCUT2D eigenvalue weighted by molar-refractivity contribution is 7.89. The molecule has 2 aromatic carbocycles. The van der Waals surface area contributed by atoms with Crippen LogP contribution in [-0.4, -0.2) is 48.9 Å². The Bertz CT molecular complexity index is 979. The second kappa shape index (κ2) is 6.42. The number of sulfonamides is 1. The van der Waals surface area contributed by atoms with E-state index >= 15 is 0 Å². The summed E-state index contributed by atoms with van der Waals surface area (Å²) < 4.78 is 27.0. The van der Waals surface area contributed by atoms with Gasteiger partial charge in [-0.3, -0.25) is 0 Å². The third kappa shape index (κ3) is 2.96. The van der Waals surface area contributed by atoms with Crippen LogP contribution < -0.4 is 4.90 Å². The summed E-state index contributed by atoms with van der Waals surface area (Å²) >= 11 is 0. The number of hydrogen-bond donors (Lipinski definition) is 0. The minimum absolute atomic E-state index is 0.343. The van der Waals surface area contributed by atoms with Crippen molar-refractivity contribution >= 4 is 26.7 Å². The molecule has 0 saturated carbocycles. The molecule has 1 aliphatic heterocycles. The van der Waals surface area contributed by atoms with Gasteiger partial charge < -0.3 is 4.90 Å². The monoisotopic (exact) mass is 354 g/mol. The Kier molecular flexibility index (Phi) is 4.10. The van der Waals surface area contributed by atoms with Gasteiger partial charge in [0.2, 0.25) is 10.0 Å². The van der Waals surface area contributed by atoms with Crippen LogP contribution in [0, 0.1) is 0 Å². The molecule has 0 spiro atoms. The van der Waals surface area contributed by atoms with Crippen LogP contribution in [0.25, 0.3) is 10.9 Å². The molecule has 2 heterocycles. The zero-order valence-electron chi connectivity index (χ0n) is 13.6. The van der Waals surface area contributed by atoms with E-state index in [4.69, 9.17) is 0 Å². The smallest absolute Gasteiger partial charge is 0.243 e. The molecule has 0 radical (unpaired) electrons. The number of hydrogen-bond acceptors (Lipinski definition) is 5. The van der Waals surface area contributed by atoms with E-state index < -0.39 is 10.0 Å². The molecule has 1 aliphatic rings. The Morgan fingerprint density at radius 2 is 1.48 bits per heavy atom. The zero-order chi connectivity index (χ0) is 17.3. The zero-order valence-corrected chi connectivity index (χ0v) is 14.4. The summed E-state index contributed by atoms with van der Waals surface area (Å²) in [4.78, 5) is 11.2. The minimum Gasteiger partial charge on any atom is -0.353 e. The lowest BCUT2D eigenvalue weighted by Gasteiger charge is -2.35. The average Bonchev–Trinajstić information content (AvgIpc) is 2.68. The molecule has 0 bridgehead atoms. The Labute approximate surface area is 146 Å². The van der Waals surface area contributed by atoms with E-state index in [0.717, 1.165) is 16.7 Å². The Morgan fingerprint density at radius 3 is 2.24 bits per heavy atom. The maximum atomic E-state index is 12.7. The molecule has 0 aliphatic carbocycles. The van der Waals surface area contributed by atoms with Crippen LogP contribution in [-0.2, 0) is 10.0 Å². The quantitative estimate of drug-likeness (QED) is 0.721. The van der Waals surface area contributed by atoms with Crippen molar-refractivity contribution in [2.24, 2.45) is 0 Å². The Hall–Kier alpha value is -2.51. The van der Waals surface area contributed by atoms with Gasteiger partial charge in [-0.15, -0.1) is 0 Å². The third-order valence-electron chi connectivity index (χ3n) is 4.44. The van der Waals surface area contributed by atoms with Crippen molar-refractivity contribution in [2.45, 2.75) is 4.90 Å². The van der Waals surface area contributed by atoms with Crippen molar-refractivity contribution in [1.82, 2.24) is 14.3 Å². The number of anilines is 1. The summed E-state index contributed by atoms with van der Waals surface area (Å²) in [6.07, 6.45) is 1.56. The topological polar surface area (TPSA) is 66.4 Å². The normalized spacial score (nSPS) is 16.2. The third-order valence-corrected chi connectivity index (χ3v) is 6.35. The van der Waals surface area contributed by atoms with Crippen molar-refractivity contribution in [3.05, 3.63) is 60.9 Å². The van der Waals surface area contributed by atoms with Crippen LogP contribution >= 0.6 is 0 Å². The Balaban J connectivity index is 1.56. The summed E-state index contributed by atoms with van der Waals surface area (Å²) in [6.45, 7) is 2.09. The molecular weight excluding hydrogens is 336 g/mol. The van der Waals surface area contributed by atoms with E-state index in [1.54, 1.807) is 34.9 Å². The maximum Gasteiger partial charge on any atom is 0.243 e. The Morgan fingerprint density at radius 1 is 0.800 bits per heavy atom. The number of rotatable bonds is 3. The first-order valence-corrected chi connectivity index (χ1v) is 9.60. The van der Waals surface area contributed by atoms with E-state index in [1.165, 1.54) is 0 Å². The van der Waals surface area contributed by atoms with Crippen molar-refractivity contribution in [3.8, 4) is 0 Å². The predicted octanol–water partition coefficient (Wildman–Crippen LogP) is 2.14. The minimum atomic E-state index is -3.44. The van der Waals surface area contributed by atoms with E-state index in [1.807, 2.05) is 30.3 Å². The van der Waals surface area contributed by atoms with Crippen LogP contribution in [0.5, 0.6) is 0 Å². The van der Waals surface area contributed by atoms with Gasteiger partial charge in [-0.25, -0.2) is 18.4 Å². The molecule has 1 aromatic heterocycles. The predicted molar refractivity (Wildman–Crippen MR) is 97.0 cm³/mol. The summed E-state index contributed by atoms with van der Waals surface area (Å²) in [7, 11) is -3.44. The number of nitrogens with zero attached hydrogens (tertiary/aromatic N) is 4. The average molecular weight is 354 g/mol. The second-order valence-electron chi connectivity index (χ2n) is 5.92. The molecule has 3 aromatic rings. The molecule has 25 heavy (non-hydrogen) atoms. The van der Waals surface area contributed by atoms with Crippen molar-refractivity contribution < 1.29 is 8.42 Å². The van der Waals surface area contributed by atoms with Gasteiger partial charge in [0.05, 0.1) is 10.4 Å². The summed E-state index contributed by atoms with van der Waals surface area (Å²) in [5.74, 6) is 0.863. The first-order chi connectivity index (χ1) is 12.2. The van der Waals surface area contributed by atoms with Gasteiger partial charge in [0, 0.05) is 31.6 Å². The van der Waals surface area contributed by atoms with Crippen LogP contribution in [0.1, 0.15) is 0 Å². The van der Waals surface area contributed by atoms with Crippen molar-refractivity contribution in [2.75, 3.05) is 31.1 Å². The number of benzene rings is 2. The lowest BCUT2D eigenvalue weighted by molar-refractivity contribution is 0.384. The van der Waals surface area contributed by atoms with E-state index in [0.29, 0.717) is 31.1 Å². The van der Waals surface area contributed by atoms with Crippen molar-refractivity contribution in [1.29, 1.82) is 0 Å². The van der Waals surface area contributed by atoms with E-state index in [2.05, 4.69) is 14.9 Å². The van der Waals surface area contributed by atoms with Crippen LogP contribution in [0.15, 0.2) is 65.8 Å². The van der Waals surface area contributed by atoms with Gasteiger partial charge in [0.25, 0.3) is 0 Å². The first-order valence-electron chi connectivity index (χ1n) is 8.16. The fourth-order valence-corrected chi connectivity index (χ4v) is 4.57. The maximum absolute atomic E-state index is 12.7. The van der Waals surface area contributed by atoms with Gasteiger partial charge in [0.1, 0.15) is 12.1 Å². The molecule has 0 N–H and O–H groups in total. The number of fused-ring (bicyclic) bond motifs is 1. The van der Waals surface area contributed by atoms with Crippen molar-refractivity contribution in [3.63, 3.8) is 0 Å². The molecule has 1 saturated heterocycles. The lowest BCUT2D eigenvalue weighted by atomic mass is 10.2. The molecule has 6 nitrogen and oxygen atoms in total. The van der Waals surface area contributed by atoms with Gasteiger partial charge in [-0.1, -0.05) is 30.3 Å². The molecular formula is C18H18N4O2S. The van der Waals surface area contributed by atoms with Gasteiger partial charge in [0.15, 0.2) is 0 Å². The van der Waals surface area contributed by atoms with E-state index in [9.17, 15) is 8.42 Å². The van der Waals surface area contributed by atoms with Gasteiger partial charge in [-0.2, -0.15) is 4.31 Å².